The van der Waals surface area contributed by atoms with Crippen LogP contribution in [0.15, 0.2) is 18.2 Å². The lowest BCUT2D eigenvalue weighted by atomic mass is 10.1. The van der Waals surface area contributed by atoms with Crippen LogP contribution < -0.4 is 5.32 Å². The van der Waals surface area contributed by atoms with E-state index in [4.69, 9.17) is 16.7 Å². The first-order valence-electron chi connectivity index (χ1n) is 6.30. The third-order valence-electron chi connectivity index (χ3n) is 2.68. The fourth-order valence-electron chi connectivity index (χ4n) is 1.56. The number of rotatable bonds is 5. The van der Waals surface area contributed by atoms with Crippen molar-refractivity contribution >= 4 is 29.1 Å². The lowest BCUT2D eigenvalue weighted by Crippen LogP contribution is -2.22. The monoisotopic (exact) mass is 298 g/mol. The van der Waals surface area contributed by atoms with Crippen molar-refractivity contribution in [3.63, 3.8) is 0 Å². The van der Waals surface area contributed by atoms with Gasteiger partial charge in [0.1, 0.15) is 0 Å². The molecule has 0 heterocycles. The van der Waals surface area contributed by atoms with Gasteiger partial charge in [-0.05, 0) is 31.5 Å². The summed E-state index contributed by atoms with van der Waals surface area (Å²) < 4.78 is 0. The molecule has 0 spiro atoms. The number of carbonyl (C=O) groups excluding carboxylic acids is 2. The van der Waals surface area contributed by atoms with Crippen LogP contribution in [0.25, 0.3) is 0 Å². The molecule has 0 saturated heterocycles. The van der Waals surface area contributed by atoms with E-state index in [9.17, 15) is 9.59 Å². The Morgan fingerprint density at radius 1 is 1.40 bits per heavy atom. The average molecular weight is 299 g/mol. The molecule has 6 heteroatoms. The molecule has 20 heavy (non-hydrogen) atoms. The third kappa shape index (κ3) is 4.83. The van der Waals surface area contributed by atoms with Crippen molar-refractivity contribution in [2.45, 2.75) is 25.9 Å². The Morgan fingerprint density at radius 3 is 2.60 bits per heavy atom. The van der Waals surface area contributed by atoms with E-state index in [-0.39, 0.29) is 18.2 Å². The van der Waals surface area contributed by atoms with Crippen molar-refractivity contribution in [3.8, 4) is 0 Å². The summed E-state index contributed by atoms with van der Waals surface area (Å²) in [6, 6.07) is 4.73. The summed E-state index contributed by atoms with van der Waals surface area (Å²) in [5, 5.41) is 12.2. The van der Waals surface area contributed by atoms with E-state index in [2.05, 4.69) is 5.32 Å². The number of halogens is 1. The molecule has 2 N–H and O–H groups in total. The molecule has 0 aliphatic heterocycles. The van der Waals surface area contributed by atoms with Crippen LogP contribution in [0.2, 0.25) is 5.02 Å². The maximum absolute atomic E-state index is 11.8. The summed E-state index contributed by atoms with van der Waals surface area (Å²) in [6.45, 7) is 1.62. The van der Waals surface area contributed by atoms with Crippen LogP contribution in [0.4, 0.5) is 5.69 Å². The number of nitrogens with zero attached hydrogens (tertiary/aromatic N) is 1. The van der Waals surface area contributed by atoms with Crippen LogP contribution in [0, 0.1) is 0 Å². The summed E-state index contributed by atoms with van der Waals surface area (Å²) in [6.07, 6.45) is 0.0393. The second-order valence-electron chi connectivity index (χ2n) is 4.83. The minimum Gasteiger partial charge on any atom is -0.393 e. The van der Waals surface area contributed by atoms with Gasteiger partial charge in [-0.3, -0.25) is 9.59 Å². The highest BCUT2D eigenvalue weighted by Gasteiger charge is 2.12. The van der Waals surface area contributed by atoms with E-state index in [1.807, 2.05) is 0 Å². The Labute approximate surface area is 123 Å². The zero-order valence-corrected chi connectivity index (χ0v) is 12.6. The number of hydrogen-bond donors (Lipinski definition) is 2. The Bertz CT molecular complexity index is 501. The van der Waals surface area contributed by atoms with Gasteiger partial charge < -0.3 is 15.3 Å². The van der Waals surface area contributed by atoms with E-state index >= 15 is 0 Å². The topological polar surface area (TPSA) is 69.6 Å². The van der Waals surface area contributed by atoms with E-state index in [0.29, 0.717) is 22.7 Å². The number of benzene rings is 1. The van der Waals surface area contributed by atoms with Gasteiger partial charge in [-0.1, -0.05) is 11.6 Å². The molecule has 1 atom stereocenters. The Hall–Kier alpha value is -1.59. The lowest BCUT2D eigenvalue weighted by Gasteiger charge is -2.13. The molecule has 1 aromatic carbocycles. The molecule has 0 radical (unpaired) electrons. The van der Waals surface area contributed by atoms with Crippen molar-refractivity contribution in [3.05, 3.63) is 28.8 Å². The van der Waals surface area contributed by atoms with Crippen LogP contribution in [-0.2, 0) is 4.79 Å². The number of hydrogen-bond acceptors (Lipinski definition) is 3. The maximum atomic E-state index is 11.8. The highest BCUT2D eigenvalue weighted by atomic mass is 35.5. The molecule has 0 aromatic heterocycles. The highest BCUT2D eigenvalue weighted by Crippen LogP contribution is 2.24. The molecule has 110 valence electrons. The zero-order chi connectivity index (χ0) is 15.3. The van der Waals surface area contributed by atoms with E-state index in [1.165, 1.54) is 4.90 Å². The van der Waals surface area contributed by atoms with Crippen molar-refractivity contribution in [2.75, 3.05) is 19.4 Å². The first-order chi connectivity index (χ1) is 9.31. The number of amides is 2. The number of carbonyl (C=O) groups is 2. The van der Waals surface area contributed by atoms with Gasteiger partial charge in [0.15, 0.2) is 0 Å². The second kappa shape index (κ2) is 7.26. The largest absolute Gasteiger partial charge is 0.393 e. The minimum atomic E-state index is -0.530. The molecule has 0 aliphatic carbocycles. The zero-order valence-electron chi connectivity index (χ0n) is 11.8. The predicted molar refractivity (Wildman–Crippen MR) is 79.0 cm³/mol. The van der Waals surface area contributed by atoms with Gasteiger partial charge in [0.25, 0.3) is 5.91 Å². The Balaban J connectivity index is 2.81. The first kappa shape index (κ1) is 16.5. The van der Waals surface area contributed by atoms with Crippen molar-refractivity contribution < 1.29 is 14.7 Å². The van der Waals surface area contributed by atoms with Crippen LogP contribution in [0.5, 0.6) is 0 Å². The number of aliphatic hydroxyl groups is 1. The van der Waals surface area contributed by atoms with Crippen molar-refractivity contribution in [1.29, 1.82) is 0 Å². The summed E-state index contributed by atoms with van der Waals surface area (Å²) in [7, 11) is 3.30. The molecule has 0 bridgehead atoms. The lowest BCUT2D eigenvalue weighted by molar-refractivity contribution is -0.116. The van der Waals surface area contributed by atoms with Crippen LogP contribution in [-0.4, -0.2) is 42.0 Å². The first-order valence-corrected chi connectivity index (χ1v) is 6.68. The van der Waals surface area contributed by atoms with Crippen LogP contribution in [0.1, 0.15) is 30.1 Å². The molecular formula is C14H19ClN2O3. The second-order valence-corrected chi connectivity index (χ2v) is 5.24. The molecule has 1 rings (SSSR count). The van der Waals surface area contributed by atoms with Crippen LogP contribution >= 0.6 is 11.6 Å². The van der Waals surface area contributed by atoms with Gasteiger partial charge in [0.2, 0.25) is 5.91 Å². The third-order valence-corrected chi connectivity index (χ3v) is 3.01. The number of nitrogens with one attached hydrogen (secondary N) is 1. The number of anilines is 1. The summed E-state index contributed by atoms with van der Waals surface area (Å²) in [5.41, 5.74) is 0.847. The maximum Gasteiger partial charge on any atom is 0.253 e. The molecule has 5 nitrogen and oxygen atoms in total. The van der Waals surface area contributed by atoms with E-state index < -0.39 is 6.10 Å². The van der Waals surface area contributed by atoms with Gasteiger partial charge in [-0.15, -0.1) is 0 Å². The Morgan fingerprint density at radius 2 is 2.05 bits per heavy atom. The summed E-state index contributed by atoms with van der Waals surface area (Å²) >= 11 is 6.00. The number of aliphatic hydroxyl groups excluding tert-OH is 1. The summed E-state index contributed by atoms with van der Waals surface area (Å²) in [4.78, 5) is 25.0. The molecule has 1 aromatic rings. The quantitative estimate of drug-likeness (QED) is 0.875. The van der Waals surface area contributed by atoms with Gasteiger partial charge >= 0.3 is 0 Å². The molecular weight excluding hydrogens is 280 g/mol. The average Bonchev–Trinajstić information content (AvgIpc) is 2.38. The van der Waals surface area contributed by atoms with E-state index in [1.54, 1.807) is 39.2 Å². The minimum absolute atomic E-state index is 0.166. The standard InChI is InChI=1S/C14H19ClN2O3/c1-9(18)4-7-13(19)16-12-8-10(5-6-11(12)15)14(20)17(2)3/h5-6,8-9,18H,4,7H2,1-3H3,(H,16,19). The predicted octanol–water partition coefficient (Wildman–Crippen LogP) is 2.14. The van der Waals surface area contributed by atoms with E-state index in [0.717, 1.165) is 0 Å². The van der Waals surface area contributed by atoms with Gasteiger partial charge in [-0.25, -0.2) is 0 Å². The van der Waals surface area contributed by atoms with Gasteiger partial charge in [-0.2, -0.15) is 0 Å². The molecule has 0 fully saturated rings. The van der Waals surface area contributed by atoms with Gasteiger partial charge in [0, 0.05) is 26.1 Å². The van der Waals surface area contributed by atoms with Crippen LogP contribution in [0.3, 0.4) is 0 Å². The molecule has 2 amide bonds. The van der Waals surface area contributed by atoms with Crippen molar-refractivity contribution in [2.24, 2.45) is 0 Å². The smallest absolute Gasteiger partial charge is 0.253 e. The summed E-state index contributed by atoms with van der Waals surface area (Å²) in [5.74, 6) is -0.414. The molecule has 0 aliphatic rings. The van der Waals surface area contributed by atoms with Gasteiger partial charge in [0.05, 0.1) is 16.8 Å². The fraction of sp³-hybridized carbons (Fsp3) is 0.429. The van der Waals surface area contributed by atoms with Crippen molar-refractivity contribution in [1.82, 2.24) is 4.90 Å². The highest BCUT2D eigenvalue weighted by molar-refractivity contribution is 6.33. The molecule has 0 saturated carbocycles. The SMILES string of the molecule is CC(O)CCC(=O)Nc1cc(C(=O)N(C)C)ccc1Cl. The fourth-order valence-corrected chi connectivity index (χ4v) is 1.73. The normalized spacial score (nSPS) is 11.8. The molecule has 1 unspecified atom stereocenters. The Kier molecular flexibility index (Phi) is 5.98.